The molecule has 0 atom stereocenters. The molecule has 0 aromatic rings. The summed E-state index contributed by atoms with van der Waals surface area (Å²) in [5.74, 6) is -1.13. The van der Waals surface area contributed by atoms with Crippen LogP contribution in [-0.4, -0.2) is 19.9 Å². The van der Waals surface area contributed by atoms with E-state index in [9.17, 15) is 31.5 Å². The van der Waals surface area contributed by atoms with Crippen LogP contribution in [-0.2, 0) is 19.1 Å². The standard InChI is InChI=1S/C4HF3O5S/c5-4(6,7)13(10,11)12-2-1-3(8)9/h(H,8,9)/p-1. The van der Waals surface area contributed by atoms with Crippen molar-refractivity contribution < 1.29 is 35.7 Å². The molecule has 9 heteroatoms. The zero-order chi connectivity index (χ0) is 10.7. The molecule has 0 bridgehead atoms. The summed E-state index contributed by atoms with van der Waals surface area (Å²) in [6.45, 7) is 0. The summed E-state index contributed by atoms with van der Waals surface area (Å²) < 4.78 is 57.2. The number of carbonyl (C=O) groups is 1. The zero-order valence-electron chi connectivity index (χ0n) is 5.58. The molecule has 0 spiro atoms. The topological polar surface area (TPSA) is 83.5 Å². The fourth-order valence-corrected chi connectivity index (χ4v) is 0.410. The van der Waals surface area contributed by atoms with Gasteiger partial charge in [0.05, 0.1) is 0 Å². The van der Waals surface area contributed by atoms with E-state index in [1.807, 2.05) is 0 Å². The van der Waals surface area contributed by atoms with Crippen molar-refractivity contribution in [2.45, 2.75) is 5.51 Å². The van der Waals surface area contributed by atoms with Crippen molar-refractivity contribution >= 4 is 16.1 Å². The lowest BCUT2D eigenvalue weighted by Gasteiger charge is -2.02. The highest BCUT2D eigenvalue weighted by Crippen LogP contribution is 2.23. The average molecular weight is 217 g/mol. The molecule has 0 aliphatic carbocycles. The minimum absolute atomic E-state index is 0.812. The van der Waals surface area contributed by atoms with Crippen molar-refractivity contribution in [2.75, 3.05) is 0 Å². The molecule has 0 N–H and O–H groups in total. The van der Waals surface area contributed by atoms with E-state index >= 15 is 0 Å². The van der Waals surface area contributed by atoms with Crippen LogP contribution in [0.4, 0.5) is 13.2 Å². The Labute approximate surface area is 70.2 Å². The van der Waals surface area contributed by atoms with E-state index in [1.165, 1.54) is 0 Å². The molecule has 5 nitrogen and oxygen atoms in total. The van der Waals surface area contributed by atoms with Gasteiger partial charge in [0, 0.05) is 0 Å². The van der Waals surface area contributed by atoms with Crippen LogP contribution in [0.5, 0.6) is 0 Å². The predicted molar refractivity (Wildman–Crippen MR) is 28.8 cm³/mol. The Bertz CT molecular complexity index is 355. The van der Waals surface area contributed by atoms with Gasteiger partial charge in [0.1, 0.15) is 12.1 Å². The van der Waals surface area contributed by atoms with Gasteiger partial charge in [-0.05, 0) is 5.92 Å². The lowest BCUT2D eigenvalue weighted by Crippen LogP contribution is -2.24. The maximum Gasteiger partial charge on any atom is 0.535 e. The fourth-order valence-electron chi connectivity index (χ4n) is 0.165. The van der Waals surface area contributed by atoms with Crippen molar-refractivity contribution in [2.24, 2.45) is 0 Å². The molecule has 0 aliphatic heterocycles. The van der Waals surface area contributed by atoms with Gasteiger partial charge >= 0.3 is 15.6 Å². The summed E-state index contributed by atoms with van der Waals surface area (Å²) in [5, 5.41) is 9.49. The predicted octanol–water partition coefficient (Wildman–Crippen LogP) is -1.44. The van der Waals surface area contributed by atoms with Gasteiger partial charge in [-0.25, -0.2) is 0 Å². The first-order chi connectivity index (χ1) is 5.67. The summed E-state index contributed by atoms with van der Waals surface area (Å²) in [6.07, 6.45) is 0.812. The summed E-state index contributed by atoms with van der Waals surface area (Å²) >= 11 is 0. The second kappa shape index (κ2) is 3.53. The van der Waals surface area contributed by atoms with Crippen molar-refractivity contribution in [3.8, 4) is 12.0 Å². The largest absolute Gasteiger partial charge is 0.536 e. The van der Waals surface area contributed by atoms with E-state index in [4.69, 9.17) is 0 Å². The number of halogens is 3. The van der Waals surface area contributed by atoms with Gasteiger partial charge in [0.25, 0.3) is 0 Å². The smallest absolute Gasteiger partial charge is 0.535 e. The fraction of sp³-hybridized carbons (Fsp3) is 0.250. The van der Waals surface area contributed by atoms with Crippen molar-refractivity contribution in [1.82, 2.24) is 0 Å². The third-order valence-corrected chi connectivity index (χ3v) is 1.46. The lowest BCUT2D eigenvalue weighted by molar-refractivity contribution is -0.295. The molecule has 0 rings (SSSR count). The number of rotatable bonds is 1. The molecule has 0 unspecified atom stereocenters. The number of carboxylic acids is 1. The van der Waals surface area contributed by atoms with Crippen LogP contribution in [0.2, 0.25) is 0 Å². The number of hydrogen-bond acceptors (Lipinski definition) is 5. The Kier molecular flexibility index (Phi) is 3.14. The van der Waals surface area contributed by atoms with Gasteiger partial charge < -0.3 is 14.1 Å². The molecular formula is C4F3O5S-. The second-order valence-electron chi connectivity index (χ2n) is 1.50. The highest BCUT2D eigenvalue weighted by molar-refractivity contribution is 7.87. The van der Waals surface area contributed by atoms with Crippen LogP contribution in [0, 0.1) is 12.0 Å². The Balaban J connectivity index is 4.60. The van der Waals surface area contributed by atoms with E-state index in [2.05, 4.69) is 4.18 Å². The maximum absolute atomic E-state index is 11.4. The van der Waals surface area contributed by atoms with E-state index < -0.39 is 21.6 Å². The van der Waals surface area contributed by atoms with E-state index in [-0.39, 0.29) is 0 Å². The summed E-state index contributed by atoms with van der Waals surface area (Å²) in [7, 11) is -5.86. The van der Waals surface area contributed by atoms with Crippen molar-refractivity contribution in [3.63, 3.8) is 0 Å². The third-order valence-electron chi connectivity index (χ3n) is 0.588. The molecule has 13 heavy (non-hydrogen) atoms. The van der Waals surface area contributed by atoms with E-state index in [0.29, 0.717) is 0 Å². The molecule has 0 amide bonds. The SMILES string of the molecule is O=C([O-])C#COS(=O)(=O)C(F)(F)F. The van der Waals surface area contributed by atoms with Crippen LogP contribution in [0.1, 0.15) is 0 Å². The average Bonchev–Trinajstić information content (AvgIpc) is 1.82. The maximum atomic E-state index is 11.4. The number of hydrogen-bond donors (Lipinski definition) is 0. The summed E-state index contributed by atoms with van der Waals surface area (Å²) in [4.78, 5) is 9.49. The minimum atomic E-state index is -5.86. The van der Waals surface area contributed by atoms with Gasteiger partial charge in [-0.2, -0.15) is 21.6 Å². The van der Waals surface area contributed by atoms with Crippen molar-refractivity contribution in [3.05, 3.63) is 0 Å². The minimum Gasteiger partial charge on any atom is -0.536 e. The highest BCUT2D eigenvalue weighted by atomic mass is 32.2. The molecule has 0 radical (unpaired) electrons. The Morgan fingerprint density at radius 3 is 2.15 bits per heavy atom. The monoisotopic (exact) mass is 217 g/mol. The Hall–Kier alpha value is -1.43. The number of carbonyl (C=O) groups excluding carboxylic acids is 1. The normalized spacial score (nSPS) is 11.3. The Morgan fingerprint density at radius 1 is 1.38 bits per heavy atom. The van der Waals surface area contributed by atoms with Gasteiger partial charge in [0.15, 0.2) is 0 Å². The molecular weight excluding hydrogens is 217 g/mol. The third kappa shape index (κ3) is 3.66. The van der Waals surface area contributed by atoms with Crippen LogP contribution < -0.4 is 5.11 Å². The molecule has 0 aromatic heterocycles. The van der Waals surface area contributed by atoms with Crippen LogP contribution >= 0.6 is 0 Å². The molecule has 0 aliphatic rings. The first-order valence-corrected chi connectivity index (χ1v) is 3.79. The van der Waals surface area contributed by atoms with Crippen LogP contribution in [0.3, 0.4) is 0 Å². The number of alkyl halides is 3. The lowest BCUT2D eigenvalue weighted by atomic mass is 10.7. The quantitative estimate of drug-likeness (QED) is 0.305. The van der Waals surface area contributed by atoms with E-state index in [1.54, 1.807) is 0 Å². The molecule has 0 fully saturated rings. The number of aliphatic carboxylic acids is 1. The first kappa shape index (κ1) is 11.6. The number of carboxylic acid groups (broad SMARTS) is 1. The van der Waals surface area contributed by atoms with E-state index in [0.717, 1.165) is 12.0 Å². The Morgan fingerprint density at radius 2 is 1.85 bits per heavy atom. The molecule has 0 saturated heterocycles. The molecule has 0 heterocycles. The zero-order valence-corrected chi connectivity index (χ0v) is 6.40. The molecule has 0 saturated carbocycles. The molecule has 0 aromatic carbocycles. The first-order valence-electron chi connectivity index (χ1n) is 2.38. The van der Waals surface area contributed by atoms with Gasteiger partial charge in [-0.1, -0.05) is 0 Å². The summed E-state index contributed by atoms with van der Waals surface area (Å²) in [6, 6.07) is 0. The van der Waals surface area contributed by atoms with Crippen LogP contribution in [0.25, 0.3) is 0 Å². The summed E-state index contributed by atoms with van der Waals surface area (Å²) in [5.41, 5.74) is -5.63. The van der Waals surface area contributed by atoms with Gasteiger partial charge in [-0.15, -0.1) is 0 Å². The second-order valence-corrected chi connectivity index (χ2v) is 3.04. The molecule has 74 valence electrons. The van der Waals surface area contributed by atoms with Crippen LogP contribution in [0.15, 0.2) is 0 Å². The van der Waals surface area contributed by atoms with Gasteiger partial charge in [0.2, 0.25) is 0 Å². The van der Waals surface area contributed by atoms with Gasteiger partial charge in [-0.3, -0.25) is 0 Å². The van der Waals surface area contributed by atoms with Crippen molar-refractivity contribution in [1.29, 1.82) is 0 Å². The highest BCUT2D eigenvalue weighted by Gasteiger charge is 2.48.